The molecule has 0 radical (unpaired) electrons. The smallest absolute Gasteiger partial charge is 0.228 e. The van der Waals surface area contributed by atoms with E-state index in [1.165, 1.54) is 0 Å². The van der Waals surface area contributed by atoms with Crippen LogP contribution in [0.2, 0.25) is 0 Å². The van der Waals surface area contributed by atoms with E-state index in [0.717, 1.165) is 22.4 Å². The molecule has 0 fully saturated rings. The molecule has 0 amide bonds. The van der Waals surface area contributed by atoms with Crippen molar-refractivity contribution in [1.82, 2.24) is 10.1 Å². The van der Waals surface area contributed by atoms with Gasteiger partial charge in [0, 0.05) is 18.5 Å². The van der Waals surface area contributed by atoms with Gasteiger partial charge in [0.05, 0.1) is 6.61 Å². The molecular weight excluding hydrogens is 242 g/mol. The summed E-state index contributed by atoms with van der Waals surface area (Å²) in [5.74, 6) is 2.07. The van der Waals surface area contributed by atoms with Crippen LogP contribution in [0.25, 0.3) is 11.4 Å². The molecule has 0 unspecified atom stereocenters. The molecule has 0 aliphatic carbocycles. The average Bonchev–Trinajstić information content (AvgIpc) is 2.82. The van der Waals surface area contributed by atoms with Gasteiger partial charge in [-0.05, 0) is 44.0 Å². The number of hydrogen-bond acceptors (Lipinski definition) is 5. The summed E-state index contributed by atoms with van der Waals surface area (Å²) in [6.07, 6.45) is 0.599. The van der Waals surface area contributed by atoms with E-state index in [2.05, 4.69) is 10.1 Å². The van der Waals surface area contributed by atoms with E-state index < -0.39 is 0 Å². The summed E-state index contributed by atoms with van der Waals surface area (Å²) in [6.45, 7) is 7.15. The molecular formula is C14H19N3O2. The van der Waals surface area contributed by atoms with Crippen molar-refractivity contribution in [1.29, 1.82) is 0 Å². The van der Waals surface area contributed by atoms with Gasteiger partial charge in [-0.1, -0.05) is 5.16 Å². The van der Waals surface area contributed by atoms with Gasteiger partial charge in [0.2, 0.25) is 11.7 Å². The maximum absolute atomic E-state index is 5.57. The van der Waals surface area contributed by atoms with Crippen LogP contribution in [0.5, 0.6) is 5.75 Å². The summed E-state index contributed by atoms with van der Waals surface area (Å²) >= 11 is 0. The van der Waals surface area contributed by atoms with Crippen LogP contribution in [-0.2, 0) is 6.42 Å². The molecule has 2 N–H and O–H groups in total. The minimum absolute atomic E-state index is 0.503. The maximum atomic E-state index is 5.57. The fraction of sp³-hybridized carbons (Fsp3) is 0.429. The topological polar surface area (TPSA) is 74.2 Å². The largest absolute Gasteiger partial charge is 0.494 e. The van der Waals surface area contributed by atoms with Crippen molar-refractivity contribution >= 4 is 0 Å². The Labute approximate surface area is 112 Å². The van der Waals surface area contributed by atoms with Gasteiger partial charge >= 0.3 is 0 Å². The third-order valence-electron chi connectivity index (χ3n) is 2.89. The highest BCUT2D eigenvalue weighted by Gasteiger charge is 2.13. The Morgan fingerprint density at radius 1 is 1.26 bits per heavy atom. The van der Waals surface area contributed by atoms with Crippen molar-refractivity contribution in [2.75, 3.05) is 13.2 Å². The molecule has 0 spiro atoms. The van der Waals surface area contributed by atoms with Crippen LogP contribution < -0.4 is 10.5 Å². The second-order valence-electron chi connectivity index (χ2n) is 4.42. The zero-order valence-corrected chi connectivity index (χ0v) is 11.6. The van der Waals surface area contributed by atoms with E-state index in [1.54, 1.807) is 0 Å². The van der Waals surface area contributed by atoms with Gasteiger partial charge in [0.15, 0.2) is 0 Å². The molecule has 0 atom stereocenters. The van der Waals surface area contributed by atoms with Crippen LogP contribution in [0.1, 0.15) is 23.9 Å². The van der Waals surface area contributed by atoms with Crippen LogP contribution in [0, 0.1) is 13.8 Å². The molecule has 0 saturated heterocycles. The van der Waals surface area contributed by atoms with Gasteiger partial charge in [0.25, 0.3) is 0 Å². The number of nitrogens with zero attached hydrogens (tertiary/aromatic N) is 2. The predicted octanol–water partition coefficient (Wildman–Crippen LogP) is 2.25. The van der Waals surface area contributed by atoms with Crippen molar-refractivity contribution < 1.29 is 9.26 Å². The molecule has 2 rings (SSSR count). The fourth-order valence-electron chi connectivity index (χ4n) is 1.93. The minimum Gasteiger partial charge on any atom is -0.494 e. The molecule has 0 bridgehead atoms. The van der Waals surface area contributed by atoms with E-state index in [4.69, 9.17) is 15.0 Å². The highest BCUT2D eigenvalue weighted by atomic mass is 16.5. The second-order valence-corrected chi connectivity index (χ2v) is 4.42. The van der Waals surface area contributed by atoms with Crippen molar-refractivity contribution in [2.45, 2.75) is 27.2 Å². The van der Waals surface area contributed by atoms with Crippen molar-refractivity contribution in [3.63, 3.8) is 0 Å². The molecule has 0 saturated carbocycles. The zero-order valence-electron chi connectivity index (χ0n) is 11.6. The molecule has 0 aliphatic heterocycles. The van der Waals surface area contributed by atoms with Crippen molar-refractivity contribution in [3.8, 4) is 17.1 Å². The zero-order chi connectivity index (χ0) is 13.8. The first kappa shape index (κ1) is 13.5. The number of aromatic nitrogens is 2. The Hall–Kier alpha value is -1.88. The number of hydrogen-bond donors (Lipinski definition) is 1. The fourth-order valence-corrected chi connectivity index (χ4v) is 1.93. The molecule has 102 valence electrons. The Bertz CT molecular complexity index is 564. The molecule has 0 aliphatic rings. The van der Waals surface area contributed by atoms with Gasteiger partial charge in [-0.15, -0.1) is 0 Å². The molecule has 2 aromatic rings. The number of aryl methyl sites for hydroxylation is 2. The van der Waals surface area contributed by atoms with E-state index in [-0.39, 0.29) is 0 Å². The molecule has 19 heavy (non-hydrogen) atoms. The molecule has 5 nitrogen and oxygen atoms in total. The number of rotatable bonds is 5. The third-order valence-corrected chi connectivity index (χ3v) is 2.89. The monoisotopic (exact) mass is 261 g/mol. The first-order chi connectivity index (χ1) is 9.15. The van der Waals surface area contributed by atoms with E-state index in [1.807, 2.05) is 32.9 Å². The van der Waals surface area contributed by atoms with Gasteiger partial charge in [0.1, 0.15) is 5.75 Å². The minimum atomic E-state index is 0.503. The summed E-state index contributed by atoms with van der Waals surface area (Å²) in [5.41, 5.74) is 8.56. The first-order valence-electron chi connectivity index (χ1n) is 6.42. The highest BCUT2D eigenvalue weighted by Crippen LogP contribution is 2.28. The van der Waals surface area contributed by atoms with Crippen molar-refractivity contribution in [2.24, 2.45) is 5.73 Å². The van der Waals surface area contributed by atoms with E-state index >= 15 is 0 Å². The number of ether oxygens (including phenoxy) is 1. The molecule has 1 aromatic heterocycles. The molecule has 1 aromatic carbocycles. The van der Waals surface area contributed by atoms with Crippen LogP contribution >= 0.6 is 0 Å². The normalized spacial score (nSPS) is 10.7. The average molecular weight is 261 g/mol. The van der Waals surface area contributed by atoms with Crippen LogP contribution in [0.3, 0.4) is 0 Å². The van der Waals surface area contributed by atoms with Crippen molar-refractivity contribution in [3.05, 3.63) is 29.2 Å². The third kappa shape index (κ3) is 2.93. The quantitative estimate of drug-likeness (QED) is 0.893. The summed E-state index contributed by atoms with van der Waals surface area (Å²) in [4.78, 5) is 4.35. The highest BCUT2D eigenvalue weighted by molar-refractivity contribution is 5.63. The van der Waals surface area contributed by atoms with Gasteiger partial charge in [-0.3, -0.25) is 0 Å². The lowest BCUT2D eigenvalue weighted by Crippen LogP contribution is -2.02. The second kappa shape index (κ2) is 5.84. The standard InChI is InChI=1S/C14H19N3O2/c1-4-18-12-8-9(2)11(7-10(12)3)14-16-13(5-6-15)19-17-14/h7-8H,4-6,15H2,1-3H3. The molecule has 1 heterocycles. The van der Waals surface area contributed by atoms with E-state index in [0.29, 0.717) is 31.3 Å². The van der Waals surface area contributed by atoms with Gasteiger partial charge in [-0.2, -0.15) is 4.98 Å². The summed E-state index contributed by atoms with van der Waals surface area (Å²) in [7, 11) is 0. The van der Waals surface area contributed by atoms with Crippen LogP contribution in [-0.4, -0.2) is 23.3 Å². The Morgan fingerprint density at radius 2 is 2.05 bits per heavy atom. The summed E-state index contributed by atoms with van der Waals surface area (Å²) < 4.78 is 10.7. The van der Waals surface area contributed by atoms with Gasteiger partial charge in [-0.25, -0.2) is 0 Å². The number of nitrogens with two attached hydrogens (primary N) is 1. The lowest BCUT2D eigenvalue weighted by molar-refractivity contribution is 0.337. The van der Waals surface area contributed by atoms with Crippen LogP contribution in [0.4, 0.5) is 0 Å². The SMILES string of the molecule is CCOc1cc(C)c(-c2noc(CCN)n2)cc1C. The Kier molecular flexibility index (Phi) is 4.16. The van der Waals surface area contributed by atoms with Crippen LogP contribution in [0.15, 0.2) is 16.7 Å². The Balaban J connectivity index is 2.36. The first-order valence-corrected chi connectivity index (χ1v) is 6.42. The Morgan fingerprint density at radius 3 is 2.74 bits per heavy atom. The molecule has 5 heteroatoms. The van der Waals surface area contributed by atoms with E-state index in [9.17, 15) is 0 Å². The predicted molar refractivity (Wildman–Crippen MR) is 73.1 cm³/mol. The maximum Gasteiger partial charge on any atom is 0.228 e. The summed E-state index contributed by atoms with van der Waals surface area (Å²) in [5, 5.41) is 4.00. The summed E-state index contributed by atoms with van der Waals surface area (Å²) in [6, 6.07) is 4.03. The lowest BCUT2D eigenvalue weighted by atomic mass is 10.0. The number of benzene rings is 1. The van der Waals surface area contributed by atoms with Gasteiger partial charge < -0.3 is 15.0 Å². The lowest BCUT2D eigenvalue weighted by Gasteiger charge is -2.10.